The number of esters is 2. The van der Waals surface area contributed by atoms with E-state index in [0.717, 1.165) is 23.9 Å². The number of rotatable bonds is 7. The van der Waals surface area contributed by atoms with Gasteiger partial charge in [0.25, 0.3) is 0 Å². The first kappa shape index (κ1) is 25.8. The van der Waals surface area contributed by atoms with Gasteiger partial charge in [-0.2, -0.15) is 13.2 Å². The van der Waals surface area contributed by atoms with Gasteiger partial charge in [-0.1, -0.05) is 72.8 Å². The molecule has 36 heavy (non-hydrogen) atoms. The van der Waals surface area contributed by atoms with Gasteiger partial charge in [0.05, 0.1) is 12.2 Å². The summed E-state index contributed by atoms with van der Waals surface area (Å²) < 4.78 is 54.3. The second-order valence-electron chi connectivity index (χ2n) is 8.08. The van der Waals surface area contributed by atoms with Crippen LogP contribution in [0.1, 0.15) is 28.4 Å². The summed E-state index contributed by atoms with van der Waals surface area (Å²) in [5.74, 6) is -1.46. The molecule has 0 unspecified atom stereocenters. The van der Waals surface area contributed by atoms with Crippen LogP contribution in [0.15, 0.2) is 84.9 Å². The molecule has 0 saturated carbocycles. The molecule has 9 heteroatoms. The van der Waals surface area contributed by atoms with Gasteiger partial charge in [0.1, 0.15) is 19.3 Å². The fraction of sp³-hybridized carbons (Fsp3) is 0.259. The lowest BCUT2D eigenvalue weighted by molar-refractivity contribution is -0.168. The summed E-state index contributed by atoms with van der Waals surface area (Å²) in [6.07, 6.45) is -5.73. The maximum absolute atomic E-state index is 13.6. The maximum Gasteiger partial charge on any atom is 0.416 e. The summed E-state index contributed by atoms with van der Waals surface area (Å²) in [7, 11) is 0. The number of benzene rings is 3. The monoisotopic (exact) mass is 516 g/mol. The van der Waals surface area contributed by atoms with Crippen LogP contribution >= 0.6 is 11.8 Å². The molecule has 4 rings (SSSR count). The first-order chi connectivity index (χ1) is 17.3. The van der Waals surface area contributed by atoms with Gasteiger partial charge >= 0.3 is 18.1 Å². The van der Waals surface area contributed by atoms with Crippen LogP contribution in [0.3, 0.4) is 0 Å². The van der Waals surface area contributed by atoms with Crippen molar-refractivity contribution in [3.63, 3.8) is 0 Å². The third kappa shape index (κ3) is 5.74. The van der Waals surface area contributed by atoms with Gasteiger partial charge in [-0.3, -0.25) is 0 Å². The highest BCUT2D eigenvalue weighted by atomic mass is 32.2. The third-order valence-electron chi connectivity index (χ3n) is 5.64. The van der Waals surface area contributed by atoms with Crippen molar-refractivity contribution in [2.45, 2.75) is 30.2 Å². The van der Waals surface area contributed by atoms with Crippen molar-refractivity contribution in [1.82, 2.24) is 0 Å². The molecule has 1 heterocycles. The van der Waals surface area contributed by atoms with Gasteiger partial charge in [-0.15, -0.1) is 11.8 Å². The van der Waals surface area contributed by atoms with E-state index < -0.39 is 34.5 Å². The molecule has 1 saturated heterocycles. The summed E-state index contributed by atoms with van der Waals surface area (Å²) >= 11 is 1.01. The van der Waals surface area contributed by atoms with E-state index in [-0.39, 0.29) is 31.1 Å². The molecule has 0 bridgehead atoms. The molecule has 3 aromatic rings. The van der Waals surface area contributed by atoms with E-state index in [2.05, 4.69) is 0 Å². The van der Waals surface area contributed by atoms with Crippen LogP contribution in [0.2, 0.25) is 0 Å². The Hall–Kier alpha value is -3.30. The van der Waals surface area contributed by atoms with Crippen LogP contribution in [-0.4, -0.2) is 29.0 Å². The molecule has 0 amide bonds. The summed E-state index contributed by atoms with van der Waals surface area (Å²) in [6, 6.07) is 22.1. The lowest BCUT2D eigenvalue weighted by atomic mass is 9.93. The van der Waals surface area contributed by atoms with Crippen molar-refractivity contribution in [3.8, 4) is 0 Å². The molecule has 1 fully saturated rings. The molecule has 0 N–H and O–H groups in total. The van der Waals surface area contributed by atoms with Gasteiger partial charge in [-0.05, 0) is 28.8 Å². The molecule has 0 radical (unpaired) electrons. The Morgan fingerprint density at radius 2 is 1.33 bits per heavy atom. The molecular formula is C27H23F3O5S. The number of hydrogen-bond donors (Lipinski definition) is 0. The van der Waals surface area contributed by atoms with Crippen LogP contribution in [-0.2, 0) is 43.2 Å². The van der Waals surface area contributed by atoms with E-state index in [1.54, 1.807) is 48.5 Å². The fourth-order valence-corrected chi connectivity index (χ4v) is 5.03. The first-order valence-electron chi connectivity index (χ1n) is 11.2. The van der Waals surface area contributed by atoms with Gasteiger partial charge < -0.3 is 14.2 Å². The highest BCUT2D eigenvalue weighted by Crippen LogP contribution is 2.46. The molecular weight excluding hydrogens is 493 g/mol. The first-order valence-corrected chi connectivity index (χ1v) is 12.1. The van der Waals surface area contributed by atoms with Gasteiger partial charge in [-0.25, -0.2) is 9.59 Å². The van der Waals surface area contributed by atoms with Crippen LogP contribution in [0.5, 0.6) is 0 Å². The second-order valence-corrected chi connectivity index (χ2v) is 9.42. The molecule has 1 aliphatic heterocycles. The van der Waals surface area contributed by atoms with Crippen molar-refractivity contribution in [3.05, 3.63) is 107 Å². The molecule has 3 aromatic carbocycles. The zero-order valence-corrected chi connectivity index (χ0v) is 19.9. The molecule has 0 aromatic heterocycles. The van der Waals surface area contributed by atoms with Crippen LogP contribution < -0.4 is 0 Å². The van der Waals surface area contributed by atoms with Crippen molar-refractivity contribution in [2.75, 3.05) is 12.4 Å². The third-order valence-corrected chi connectivity index (χ3v) is 7.01. The van der Waals surface area contributed by atoms with E-state index in [1.807, 2.05) is 12.1 Å². The summed E-state index contributed by atoms with van der Waals surface area (Å²) in [5.41, 5.74) is 0.820. The number of carbonyl (C=O) groups is 2. The van der Waals surface area contributed by atoms with Crippen molar-refractivity contribution in [2.24, 2.45) is 0 Å². The molecule has 188 valence electrons. The standard InChI is InChI=1S/C27H23F3O5S/c28-27(29,30)22-13-11-21(12-14-22)23-26(36-16-15-33-23,24(31)34-17-19-7-3-1-4-8-19)25(32)35-18-20-9-5-2-6-10-20/h1-14,23H,15-18H2/t23-/m1/s1. The fourth-order valence-electron chi connectivity index (χ4n) is 3.82. The summed E-state index contributed by atoms with van der Waals surface area (Å²) in [6.45, 7) is 0.0113. The Morgan fingerprint density at radius 3 is 1.81 bits per heavy atom. The minimum absolute atomic E-state index is 0.0896. The highest BCUT2D eigenvalue weighted by molar-refractivity contribution is 8.02. The number of thioether (sulfide) groups is 1. The predicted octanol–water partition coefficient (Wildman–Crippen LogP) is 5.74. The van der Waals surface area contributed by atoms with Crippen molar-refractivity contribution < 1.29 is 37.0 Å². The molecule has 0 aliphatic carbocycles. The smallest absolute Gasteiger partial charge is 0.416 e. The largest absolute Gasteiger partial charge is 0.459 e. The predicted molar refractivity (Wildman–Crippen MR) is 128 cm³/mol. The highest BCUT2D eigenvalue weighted by Gasteiger charge is 2.59. The number of hydrogen-bond acceptors (Lipinski definition) is 6. The molecule has 1 aliphatic rings. The Bertz CT molecular complexity index is 1110. The number of alkyl halides is 3. The Balaban J connectivity index is 1.65. The van der Waals surface area contributed by atoms with E-state index >= 15 is 0 Å². The van der Waals surface area contributed by atoms with Crippen molar-refractivity contribution >= 4 is 23.7 Å². The van der Waals surface area contributed by atoms with Crippen LogP contribution in [0.25, 0.3) is 0 Å². The number of halogens is 3. The lowest BCUT2D eigenvalue weighted by Crippen LogP contribution is -2.54. The Labute approximate surface area is 210 Å². The summed E-state index contributed by atoms with van der Waals surface area (Å²) in [4.78, 5) is 27.1. The summed E-state index contributed by atoms with van der Waals surface area (Å²) in [5, 5.41) is 0. The van der Waals surface area contributed by atoms with E-state index in [9.17, 15) is 22.8 Å². The average Bonchev–Trinajstić information content (AvgIpc) is 2.91. The Morgan fingerprint density at radius 1 is 0.833 bits per heavy atom. The maximum atomic E-state index is 13.6. The van der Waals surface area contributed by atoms with Gasteiger partial charge in [0, 0.05) is 5.75 Å². The number of carbonyl (C=O) groups excluding carboxylic acids is 2. The van der Waals surface area contributed by atoms with Crippen LogP contribution in [0.4, 0.5) is 13.2 Å². The number of ether oxygens (including phenoxy) is 3. The molecule has 1 atom stereocenters. The average molecular weight is 517 g/mol. The minimum atomic E-state index is -4.53. The molecule has 0 spiro atoms. The van der Waals surface area contributed by atoms with Gasteiger partial charge in [0.15, 0.2) is 0 Å². The SMILES string of the molecule is O=C(OCc1ccccc1)C1(C(=O)OCc2ccccc2)SCCO[C@@H]1c1ccc(C(F)(F)F)cc1. The van der Waals surface area contributed by atoms with E-state index in [0.29, 0.717) is 11.1 Å². The zero-order valence-electron chi connectivity index (χ0n) is 19.1. The lowest BCUT2D eigenvalue weighted by Gasteiger charge is -2.39. The topological polar surface area (TPSA) is 61.8 Å². The molecule has 5 nitrogen and oxygen atoms in total. The normalized spacial score (nSPS) is 17.2. The van der Waals surface area contributed by atoms with Crippen LogP contribution in [0, 0.1) is 0 Å². The van der Waals surface area contributed by atoms with E-state index in [4.69, 9.17) is 14.2 Å². The quantitative estimate of drug-likeness (QED) is 0.295. The Kier molecular flexibility index (Phi) is 8.01. The van der Waals surface area contributed by atoms with E-state index in [1.165, 1.54) is 12.1 Å². The zero-order chi connectivity index (χ0) is 25.6. The van der Waals surface area contributed by atoms with Crippen molar-refractivity contribution in [1.29, 1.82) is 0 Å². The minimum Gasteiger partial charge on any atom is -0.459 e. The second kappa shape index (κ2) is 11.2. The van der Waals surface area contributed by atoms with Gasteiger partial charge in [0.2, 0.25) is 4.75 Å².